The van der Waals surface area contributed by atoms with Crippen LogP contribution in [0.5, 0.6) is 0 Å². The lowest BCUT2D eigenvalue weighted by Gasteiger charge is -2.06. The average Bonchev–Trinajstić information content (AvgIpc) is 2.72. The van der Waals surface area contributed by atoms with Crippen molar-refractivity contribution in [3.8, 4) is 0 Å². The molecule has 3 N–H and O–H groups in total. The summed E-state index contributed by atoms with van der Waals surface area (Å²) in [6.45, 7) is 2.86. The molecular formula is C13H14N2OS. The quantitative estimate of drug-likeness (QED) is 0.871. The van der Waals surface area contributed by atoms with Gasteiger partial charge in [-0.05, 0) is 42.1 Å². The Morgan fingerprint density at radius 3 is 2.88 bits per heavy atom. The molecule has 2 rings (SSSR count). The van der Waals surface area contributed by atoms with Crippen LogP contribution in [0, 0.1) is 6.92 Å². The van der Waals surface area contributed by atoms with Crippen LogP contribution in [-0.4, -0.2) is 5.91 Å². The summed E-state index contributed by atoms with van der Waals surface area (Å²) in [5, 5.41) is 5.36. The Morgan fingerprint density at radius 1 is 1.41 bits per heavy atom. The first-order chi connectivity index (χ1) is 8.16. The summed E-state index contributed by atoms with van der Waals surface area (Å²) in [4.78, 5) is 12.3. The van der Waals surface area contributed by atoms with E-state index in [2.05, 4.69) is 23.7 Å². The zero-order valence-electron chi connectivity index (χ0n) is 9.57. The highest BCUT2D eigenvalue weighted by Crippen LogP contribution is 2.18. The lowest BCUT2D eigenvalue weighted by Crippen LogP contribution is -2.11. The van der Waals surface area contributed by atoms with Gasteiger partial charge in [-0.15, -0.1) is 11.3 Å². The van der Waals surface area contributed by atoms with Crippen LogP contribution in [0.1, 0.15) is 20.8 Å². The molecule has 0 atom stereocenters. The van der Waals surface area contributed by atoms with Gasteiger partial charge in [0.25, 0.3) is 0 Å². The molecule has 88 valence electrons. The summed E-state index contributed by atoms with van der Waals surface area (Å²) in [6.07, 6.45) is 0. The molecule has 0 aliphatic heterocycles. The first-order valence-electron chi connectivity index (χ1n) is 5.33. The molecule has 1 aromatic carbocycles. The molecule has 0 radical (unpaired) electrons. The van der Waals surface area contributed by atoms with Gasteiger partial charge in [-0.2, -0.15) is 0 Å². The van der Waals surface area contributed by atoms with Crippen LogP contribution in [0.4, 0.5) is 5.69 Å². The molecule has 2 aromatic rings. The van der Waals surface area contributed by atoms with Crippen LogP contribution in [0.3, 0.4) is 0 Å². The minimum absolute atomic E-state index is 0.402. The molecule has 0 saturated carbocycles. The molecule has 1 aromatic heterocycles. The number of amides is 1. The molecule has 0 fully saturated rings. The third-order valence-electron chi connectivity index (χ3n) is 2.57. The number of carbonyl (C=O) groups is 1. The third kappa shape index (κ3) is 2.85. The number of nitrogens with one attached hydrogen (secondary N) is 1. The van der Waals surface area contributed by atoms with Crippen molar-refractivity contribution >= 4 is 22.9 Å². The van der Waals surface area contributed by atoms with Crippen molar-refractivity contribution in [2.45, 2.75) is 13.5 Å². The van der Waals surface area contributed by atoms with Gasteiger partial charge >= 0.3 is 0 Å². The first kappa shape index (κ1) is 11.7. The van der Waals surface area contributed by atoms with Gasteiger partial charge in [0, 0.05) is 22.7 Å². The summed E-state index contributed by atoms with van der Waals surface area (Å²) in [6, 6.07) is 9.33. The van der Waals surface area contributed by atoms with E-state index in [1.807, 2.05) is 12.1 Å². The third-order valence-corrected chi connectivity index (χ3v) is 3.59. The van der Waals surface area contributed by atoms with E-state index in [-0.39, 0.29) is 0 Å². The van der Waals surface area contributed by atoms with Gasteiger partial charge in [-0.3, -0.25) is 4.79 Å². The first-order valence-corrected chi connectivity index (χ1v) is 6.21. The van der Waals surface area contributed by atoms with Crippen LogP contribution in [0.25, 0.3) is 0 Å². The number of nitrogens with two attached hydrogens (primary N) is 1. The molecule has 17 heavy (non-hydrogen) atoms. The Balaban J connectivity index is 2.07. The number of primary amides is 1. The number of hydrogen-bond donors (Lipinski definition) is 2. The van der Waals surface area contributed by atoms with Crippen molar-refractivity contribution in [2.24, 2.45) is 5.73 Å². The average molecular weight is 246 g/mol. The highest BCUT2D eigenvalue weighted by Gasteiger charge is 2.02. The van der Waals surface area contributed by atoms with Crippen LogP contribution in [0.15, 0.2) is 35.7 Å². The largest absolute Gasteiger partial charge is 0.380 e. The number of rotatable bonds is 4. The monoisotopic (exact) mass is 246 g/mol. The topological polar surface area (TPSA) is 55.1 Å². The van der Waals surface area contributed by atoms with Gasteiger partial charge < -0.3 is 11.1 Å². The van der Waals surface area contributed by atoms with Gasteiger partial charge in [-0.1, -0.05) is 6.07 Å². The van der Waals surface area contributed by atoms with E-state index in [1.165, 1.54) is 10.4 Å². The standard InChI is InChI=1S/C13H14N2OS/c1-9-5-6-17-12(9)8-15-11-4-2-3-10(7-11)13(14)16/h2-7,15H,8H2,1H3,(H2,14,16). The fraction of sp³-hybridized carbons (Fsp3) is 0.154. The predicted molar refractivity (Wildman–Crippen MR) is 71.3 cm³/mol. The van der Waals surface area contributed by atoms with E-state index < -0.39 is 5.91 Å². The van der Waals surface area contributed by atoms with Crippen LogP contribution >= 0.6 is 11.3 Å². The minimum Gasteiger partial charge on any atom is -0.380 e. The predicted octanol–water partition coefficient (Wildman–Crippen LogP) is 2.77. The summed E-state index contributed by atoms with van der Waals surface area (Å²) >= 11 is 1.73. The summed E-state index contributed by atoms with van der Waals surface area (Å²) in [5.41, 5.74) is 7.96. The number of carbonyl (C=O) groups excluding carboxylic acids is 1. The molecule has 3 nitrogen and oxygen atoms in total. The maximum atomic E-state index is 11.0. The van der Waals surface area contributed by atoms with E-state index in [0.29, 0.717) is 5.56 Å². The van der Waals surface area contributed by atoms with E-state index in [0.717, 1.165) is 12.2 Å². The molecular weight excluding hydrogens is 232 g/mol. The molecule has 0 bridgehead atoms. The fourth-order valence-electron chi connectivity index (χ4n) is 1.55. The van der Waals surface area contributed by atoms with Crippen LogP contribution < -0.4 is 11.1 Å². The Kier molecular flexibility index (Phi) is 3.44. The van der Waals surface area contributed by atoms with E-state index in [9.17, 15) is 4.79 Å². The second-order valence-corrected chi connectivity index (χ2v) is 4.83. The van der Waals surface area contributed by atoms with Gasteiger partial charge in [0.2, 0.25) is 5.91 Å². The summed E-state index contributed by atoms with van der Waals surface area (Å²) < 4.78 is 0. The molecule has 0 saturated heterocycles. The molecule has 1 heterocycles. The molecule has 1 amide bonds. The lowest BCUT2D eigenvalue weighted by molar-refractivity contribution is 0.100. The smallest absolute Gasteiger partial charge is 0.248 e. The normalized spacial score (nSPS) is 10.2. The zero-order valence-corrected chi connectivity index (χ0v) is 10.4. The Hall–Kier alpha value is -1.81. The summed E-state index contributed by atoms with van der Waals surface area (Å²) in [7, 11) is 0. The SMILES string of the molecule is Cc1ccsc1CNc1cccc(C(N)=O)c1. The lowest BCUT2D eigenvalue weighted by atomic mass is 10.2. The van der Waals surface area contributed by atoms with Crippen molar-refractivity contribution in [3.63, 3.8) is 0 Å². The fourth-order valence-corrected chi connectivity index (χ4v) is 2.40. The maximum absolute atomic E-state index is 11.0. The van der Waals surface area contributed by atoms with Gasteiger partial charge in [0.05, 0.1) is 0 Å². The molecule has 4 heteroatoms. The van der Waals surface area contributed by atoms with Gasteiger partial charge in [0.15, 0.2) is 0 Å². The van der Waals surface area contributed by atoms with Gasteiger partial charge in [-0.25, -0.2) is 0 Å². The highest BCUT2D eigenvalue weighted by atomic mass is 32.1. The number of thiophene rings is 1. The maximum Gasteiger partial charge on any atom is 0.248 e. The van der Waals surface area contributed by atoms with Crippen molar-refractivity contribution in [3.05, 3.63) is 51.7 Å². The van der Waals surface area contributed by atoms with Crippen molar-refractivity contribution in [2.75, 3.05) is 5.32 Å². The summed E-state index contributed by atoms with van der Waals surface area (Å²) in [5.74, 6) is -0.402. The zero-order chi connectivity index (χ0) is 12.3. The Labute approximate surface area is 104 Å². The van der Waals surface area contributed by atoms with Crippen molar-refractivity contribution in [1.82, 2.24) is 0 Å². The van der Waals surface area contributed by atoms with Crippen LogP contribution in [-0.2, 0) is 6.54 Å². The van der Waals surface area contributed by atoms with E-state index >= 15 is 0 Å². The van der Waals surface area contributed by atoms with Gasteiger partial charge in [0.1, 0.15) is 0 Å². The Bertz CT molecular complexity index is 534. The Morgan fingerprint density at radius 2 is 2.24 bits per heavy atom. The van der Waals surface area contributed by atoms with E-state index in [4.69, 9.17) is 5.73 Å². The minimum atomic E-state index is -0.402. The second-order valence-electron chi connectivity index (χ2n) is 3.83. The van der Waals surface area contributed by atoms with Crippen molar-refractivity contribution < 1.29 is 4.79 Å². The second kappa shape index (κ2) is 5.01. The van der Waals surface area contributed by atoms with Crippen molar-refractivity contribution in [1.29, 1.82) is 0 Å². The number of aryl methyl sites for hydroxylation is 1. The molecule has 0 aliphatic rings. The molecule has 0 unspecified atom stereocenters. The number of anilines is 1. The van der Waals surface area contributed by atoms with E-state index in [1.54, 1.807) is 23.5 Å². The van der Waals surface area contributed by atoms with Crippen LogP contribution in [0.2, 0.25) is 0 Å². The molecule has 0 spiro atoms. The molecule has 0 aliphatic carbocycles. The number of benzene rings is 1. The number of hydrogen-bond acceptors (Lipinski definition) is 3. The highest BCUT2D eigenvalue weighted by molar-refractivity contribution is 7.10.